The summed E-state index contributed by atoms with van der Waals surface area (Å²) in [7, 11) is 0. The predicted octanol–water partition coefficient (Wildman–Crippen LogP) is 8.45. The van der Waals surface area contributed by atoms with Crippen LogP contribution in [-0.2, 0) is 0 Å². The van der Waals surface area contributed by atoms with Gasteiger partial charge >= 0.3 is 37.3 Å². The quantitative estimate of drug-likeness (QED) is 0.265. The molecule has 0 heterocycles. The van der Waals surface area contributed by atoms with Crippen LogP contribution in [-0.4, -0.2) is 16.9 Å². The second-order valence-corrected chi connectivity index (χ2v) is 9.62. The zero-order chi connectivity index (χ0) is 19.2. The van der Waals surface area contributed by atoms with Crippen LogP contribution in [0.1, 0.15) is 132 Å². The fourth-order valence-corrected chi connectivity index (χ4v) is 3.01. The van der Waals surface area contributed by atoms with E-state index in [4.69, 9.17) is 0 Å². The van der Waals surface area contributed by atoms with Gasteiger partial charge in [-0.25, -0.2) is 0 Å². The molecule has 1 radical (unpaired) electrons. The summed E-state index contributed by atoms with van der Waals surface area (Å²) in [5.41, 5.74) is -0.0321. The Morgan fingerprint density at radius 3 is 1.31 bits per heavy atom. The number of hydrogen-bond acceptors (Lipinski definition) is 1. The molecule has 0 spiro atoms. The van der Waals surface area contributed by atoms with Crippen LogP contribution in [0.4, 0.5) is 0 Å². The number of unbranched alkanes of at least 4 members (excludes halogenated alkanes) is 1. The SMILES string of the molecule is C1CCCC1.C1CCCC1.CCCCC(=NC(C)(C)C)[N-]C(C)(C)C.[Er+3]. The minimum Gasteiger partial charge on any atom is -0.463 e. The first-order valence-electron chi connectivity index (χ1n) is 11.0. The molecule has 0 bridgehead atoms. The predicted molar refractivity (Wildman–Crippen MR) is 116 cm³/mol. The van der Waals surface area contributed by atoms with Gasteiger partial charge in [-0.05, 0) is 17.5 Å². The van der Waals surface area contributed by atoms with Gasteiger partial charge in [0.05, 0.1) is 0 Å². The monoisotopic (exact) mass is 517 g/mol. The van der Waals surface area contributed by atoms with Gasteiger partial charge in [0, 0.05) is 0 Å². The molecule has 2 aliphatic carbocycles. The Hall–Kier alpha value is 0.717. The molecule has 2 fully saturated rings. The van der Waals surface area contributed by atoms with Crippen LogP contribution < -0.4 is 0 Å². The van der Waals surface area contributed by atoms with E-state index in [1.807, 2.05) is 0 Å². The molecule has 0 atom stereocenters. The van der Waals surface area contributed by atoms with Gasteiger partial charge in [-0.3, -0.25) is 0 Å². The zero-order valence-corrected chi connectivity index (χ0v) is 20.7. The van der Waals surface area contributed by atoms with Crippen molar-refractivity contribution in [1.29, 1.82) is 0 Å². The number of nitrogens with zero attached hydrogens (tertiary/aromatic N) is 2. The number of hydrogen-bond donors (Lipinski definition) is 0. The molecule has 2 rings (SSSR count). The average molecular weight is 519 g/mol. The summed E-state index contributed by atoms with van der Waals surface area (Å²) in [6, 6.07) is 0. The molecule has 2 nitrogen and oxygen atoms in total. The van der Waals surface area contributed by atoms with Gasteiger partial charge in [0.25, 0.3) is 0 Å². The minimum absolute atomic E-state index is 0. The van der Waals surface area contributed by atoms with Gasteiger partial charge in [0.2, 0.25) is 0 Å². The Morgan fingerprint density at radius 2 is 1.08 bits per heavy atom. The standard InChI is InChI=1S/C13H27N2.2C5H10.Er/c1-8-9-10-11(14-12(2,3)4)15-13(5,6)7;2*1-2-4-5-3-1;/h8-10H2,1-7H3;2*1-5H2;/q-1;;;+3. The van der Waals surface area contributed by atoms with Crippen molar-refractivity contribution in [2.75, 3.05) is 0 Å². The van der Waals surface area contributed by atoms with Crippen molar-refractivity contribution in [3.05, 3.63) is 5.32 Å². The maximum Gasteiger partial charge on any atom is 3.00 e. The van der Waals surface area contributed by atoms with Crippen LogP contribution >= 0.6 is 0 Å². The van der Waals surface area contributed by atoms with Gasteiger partial charge < -0.3 is 10.3 Å². The first-order chi connectivity index (χ1) is 11.6. The van der Waals surface area contributed by atoms with Crippen LogP contribution in [0.3, 0.4) is 0 Å². The summed E-state index contributed by atoms with van der Waals surface area (Å²) < 4.78 is 0. The Balaban J connectivity index is 0. The maximum absolute atomic E-state index is 4.68. The summed E-state index contributed by atoms with van der Waals surface area (Å²) in [4.78, 5) is 4.68. The van der Waals surface area contributed by atoms with Crippen LogP contribution in [0.15, 0.2) is 4.99 Å². The normalized spacial score (nSPS) is 17.4. The summed E-state index contributed by atoms with van der Waals surface area (Å²) in [6.07, 6.45) is 18.4. The molecule has 0 unspecified atom stereocenters. The van der Waals surface area contributed by atoms with Gasteiger partial charge in [-0.1, -0.05) is 131 Å². The molecule has 3 heteroatoms. The van der Waals surface area contributed by atoms with E-state index in [0.29, 0.717) is 0 Å². The van der Waals surface area contributed by atoms with E-state index in [1.165, 1.54) is 77.0 Å². The second kappa shape index (κ2) is 16.7. The smallest absolute Gasteiger partial charge is 0.463 e. The van der Waals surface area contributed by atoms with E-state index in [2.05, 4.69) is 58.8 Å². The largest absolute Gasteiger partial charge is 3.00 e. The average Bonchev–Trinajstić information content (AvgIpc) is 3.17. The molecule has 0 amide bonds. The van der Waals surface area contributed by atoms with Crippen LogP contribution in [0.25, 0.3) is 5.32 Å². The zero-order valence-electron chi connectivity index (χ0n) is 18.9. The second-order valence-electron chi connectivity index (χ2n) is 9.62. The van der Waals surface area contributed by atoms with E-state index in [9.17, 15) is 0 Å². The third-order valence-corrected chi connectivity index (χ3v) is 4.18. The van der Waals surface area contributed by atoms with E-state index in [0.717, 1.165) is 12.3 Å². The Bertz CT molecular complexity index is 304. The summed E-state index contributed by atoms with van der Waals surface area (Å²) in [5.74, 6) is 1.02. The third-order valence-electron chi connectivity index (χ3n) is 4.18. The van der Waals surface area contributed by atoms with E-state index in [1.54, 1.807) is 0 Å². The van der Waals surface area contributed by atoms with Crippen molar-refractivity contribution >= 4 is 5.84 Å². The van der Waals surface area contributed by atoms with Crippen molar-refractivity contribution in [3.8, 4) is 0 Å². The van der Waals surface area contributed by atoms with Crippen molar-refractivity contribution in [2.24, 2.45) is 4.99 Å². The molecule has 0 N–H and O–H groups in total. The fourth-order valence-electron chi connectivity index (χ4n) is 3.01. The molecule has 159 valence electrons. The topological polar surface area (TPSA) is 26.5 Å². The van der Waals surface area contributed by atoms with Crippen LogP contribution in [0.5, 0.6) is 0 Å². The summed E-state index contributed by atoms with van der Waals surface area (Å²) in [6.45, 7) is 14.9. The van der Waals surface area contributed by atoms with Gasteiger partial charge in [-0.15, -0.1) is 0 Å². The van der Waals surface area contributed by atoms with Crippen molar-refractivity contribution < 1.29 is 37.3 Å². The fraction of sp³-hybridized carbons (Fsp3) is 0.957. The number of amidine groups is 1. The molecule has 0 aromatic heterocycles. The summed E-state index contributed by atoms with van der Waals surface area (Å²) >= 11 is 0. The molecule has 2 saturated carbocycles. The molecule has 26 heavy (non-hydrogen) atoms. The van der Waals surface area contributed by atoms with E-state index < -0.39 is 0 Å². The third kappa shape index (κ3) is 22.8. The Labute approximate surface area is 195 Å². The number of aliphatic imine (C=N–C) groups is 1. The Kier molecular flexibility index (Phi) is 18.5. The molecular weight excluding hydrogens is 472 g/mol. The van der Waals surface area contributed by atoms with Crippen molar-refractivity contribution in [2.45, 2.75) is 143 Å². The van der Waals surface area contributed by atoms with Crippen molar-refractivity contribution in [3.63, 3.8) is 0 Å². The maximum atomic E-state index is 4.68. The first kappa shape index (κ1) is 28.9. The van der Waals surface area contributed by atoms with Crippen molar-refractivity contribution in [1.82, 2.24) is 0 Å². The Morgan fingerprint density at radius 1 is 0.731 bits per heavy atom. The molecule has 0 aromatic carbocycles. The van der Waals surface area contributed by atoms with Crippen LogP contribution in [0, 0.1) is 37.3 Å². The molecular formula is C23H47ErN2+2. The summed E-state index contributed by atoms with van der Waals surface area (Å²) in [5, 5.41) is 4.68. The van der Waals surface area contributed by atoms with Gasteiger partial charge in [0.15, 0.2) is 0 Å². The van der Waals surface area contributed by atoms with Gasteiger partial charge in [-0.2, -0.15) is 0 Å². The van der Waals surface area contributed by atoms with Crippen LogP contribution in [0.2, 0.25) is 0 Å². The van der Waals surface area contributed by atoms with E-state index >= 15 is 0 Å². The number of rotatable bonds is 3. The molecule has 0 aliphatic heterocycles. The minimum atomic E-state index is -0.0160. The molecule has 0 aromatic rings. The molecule has 2 aliphatic rings. The first-order valence-corrected chi connectivity index (χ1v) is 11.0. The molecule has 0 saturated heterocycles. The van der Waals surface area contributed by atoms with E-state index in [-0.39, 0.29) is 48.4 Å². The van der Waals surface area contributed by atoms with Gasteiger partial charge in [0.1, 0.15) is 0 Å².